The average molecular weight is 450 g/mol. The van der Waals surface area contributed by atoms with Gasteiger partial charge in [0.1, 0.15) is 12.1 Å². The van der Waals surface area contributed by atoms with Gasteiger partial charge in [0.05, 0.1) is 11.7 Å². The number of rotatable bonds is 2. The van der Waals surface area contributed by atoms with Crippen LogP contribution in [-0.4, -0.2) is 44.0 Å². The van der Waals surface area contributed by atoms with Gasteiger partial charge >= 0.3 is 12.1 Å². The molecule has 3 N–H and O–H groups in total. The van der Waals surface area contributed by atoms with E-state index in [4.69, 9.17) is 19.4 Å². The normalized spacial score (nSPS) is 15.2. The second-order valence-corrected chi connectivity index (χ2v) is 6.63. The van der Waals surface area contributed by atoms with Gasteiger partial charge in [-0.1, -0.05) is 12.1 Å². The SMILES string of the molecule is Fc1cc(-c2cn[nH]c2)cc2[nH]c(C3COc4ccccc4O3)nc12.O=C(O)C(F)(F)F. The molecule has 12 heteroatoms. The Morgan fingerprint density at radius 3 is 2.53 bits per heavy atom. The van der Waals surface area contributed by atoms with E-state index in [9.17, 15) is 17.6 Å². The highest BCUT2D eigenvalue weighted by Crippen LogP contribution is 2.36. The van der Waals surface area contributed by atoms with Gasteiger partial charge in [-0.2, -0.15) is 18.3 Å². The lowest BCUT2D eigenvalue weighted by atomic mass is 10.1. The first kappa shape index (κ1) is 21.2. The number of nitrogens with one attached hydrogen (secondary N) is 2. The number of nitrogens with zero attached hydrogens (tertiary/aromatic N) is 2. The third kappa shape index (κ3) is 4.33. The van der Waals surface area contributed by atoms with E-state index in [1.165, 1.54) is 6.07 Å². The number of imidazole rings is 1. The Morgan fingerprint density at radius 2 is 1.88 bits per heavy atom. The Labute approximate surface area is 176 Å². The fourth-order valence-corrected chi connectivity index (χ4v) is 2.98. The summed E-state index contributed by atoms with van der Waals surface area (Å²) >= 11 is 0. The smallest absolute Gasteiger partial charge is 0.485 e. The van der Waals surface area contributed by atoms with Crippen LogP contribution in [0, 0.1) is 5.82 Å². The Balaban J connectivity index is 0.000000307. The van der Waals surface area contributed by atoms with E-state index >= 15 is 0 Å². The molecule has 3 heterocycles. The van der Waals surface area contributed by atoms with Gasteiger partial charge in [-0.15, -0.1) is 0 Å². The molecule has 1 atom stereocenters. The Morgan fingerprint density at radius 1 is 1.16 bits per heavy atom. The monoisotopic (exact) mass is 450 g/mol. The molecule has 0 fully saturated rings. The van der Waals surface area contributed by atoms with Crippen LogP contribution in [0.1, 0.15) is 11.9 Å². The quantitative estimate of drug-likeness (QED) is 0.394. The molecular weight excluding hydrogens is 436 g/mol. The molecule has 0 bridgehead atoms. The van der Waals surface area contributed by atoms with Crippen molar-refractivity contribution in [2.45, 2.75) is 12.3 Å². The summed E-state index contributed by atoms with van der Waals surface area (Å²) in [4.78, 5) is 16.4. The highest BCUT2D eigenvalue weighted by Gasteiger charge is 2.38. The molecule has 0 saturated carbocycles. The lowest BCUT2D eigenvalue weighted by Gasteiger charge is -2.24. The molecule has 0 saturated heterocycles. The fourth-order valence-electron chi connectivity index (χ4n) is 2.98. The highest BCUT2D eigenvalue weighted by atomic mass is 19.4. The highest BCUT2D eigenvalue weighted by molar-refractivity contribution is 5.82. The molecule has 8 nitrogen and oxygen atoms in total. The van der Waals surface area contributed by atoms with Crippen molar-refractivity contribution in [2.75, 3.05) is 6.61 Å². The van der Waals surface area contributed by atoms with Crippen molar-refractivity contribution in [3.05, 3.63) is 60.4 Å². The predicted octanol–water partition coefficient (Wildman–Crippen LogP) is 4.24. The van der Waals surface area contributed by atoms with E-state index in [-0.39, 0.29) is 5.52 Å². The number of carboxylic acids is 1. The summed E-state index contributed by atoms with van der Waals surface area (Å²) < 4.78 is 57.9. The number of benzene rings is 2. The second-order valence-electron chi connectivity index (χ2n) is 6.63. The van der Waals surface area contributed by atoms with Crippen molar-refractivity contribution in [1.82, 2.24) is 20.2 Å². The van der Waals surface area contributed by atoms with E-state index in [0.29, 0.717) is 29.4 Å². The zero-order valence-electron chi connectivity index (χ0n) is 16.0. The molecule has 1 aliphatic rings. The lowest BCUT2D eigenvalue weighted by molar-refractivity contribution is -0.192. The summed E-state index contributed by atoms with van der Waals surface area (Å²) in [6, 6.07) is 10.7. The minimum atomic E-state index is -5.08. The number of aromatic amines is 2. The Kier molecular flexibility index (Phi) is 5.43. The van der Waals surface area contributed by atoms with Crippen LogP contribution in [0.25, 0.3) is 22.2 Å². The van der Waals surface area contributed by atoms with Gasteiger partial charge in [-0.05, 0) is 29.8 Å². The standard InChI is InChI=1S/C18H13FN4O2.C2HF3O2/c19-12-5-10(11-7-20-21-8-11)6-13-17(12)23-18(22-13)16-9-24-14-3-1-2-4-15(14)25-16;3-2(4,5)1(6)7/h1-8,16H,9H2,(H,20,21)(H,22,23);(H,6,7). The summed E-state index contributed by atoms with van der Waals surface area (Å²) in [7, 11) is 0. The topological polar surface area (TPSA) is 113 Å². The summed E-state index contributed by atoms with van der Waals surface area (Å²) in [5.41, 5.74) is 2.42. The van der Waals surface area contributed by atoms with Crippen LogP contribution in [0.5, 0.6) is 11.5 Å². The van der Waals surface area contributed by atoms with Crippen LogP contribution < -0.4 is 9.47 Å². The van der Waals surface area contributed by atoms with E-state index in [2.05, 4.69) is 20.2 Å². The number of para-hydroxylation sites is 2. The third-order valence-electron chi connectivity index (χ3n) is 4.45. The summed E-state index contributed by atoms with van der Waals surface area (Å²) in [6.07, 6.45) is -2.14. The maximum atomic E-state index is 14.5. The van der Waals surface area contributed by atoms with Gasteiger partial charge in [0.25, 0.3) is 0 Å². The number of fused-ring (bicyclic) bond motifs is 2. The molecule has 2 aromatic heterocycles. The molecule has 0 spiro atoms. The molecule has 0 radical (unpaired) electrons. The first-order valence-electron chi connectivity index (χ1n) is 9.09. The van der Waals surface area contributed by atoms with Gasteiger partial charge in [0.2, 0.25) is 0 Å². The number of aliphatic carboxylic acids is 1. The number of aromatic nitrogens is 4. The van der Waals surface area contributed by atoms with Crippen molar-refractivity contribution in [3.8, 4) is 22.6 Å². The van der Waals surface area contributed by atoms with Crippen molar-refractivity contribution in [2.24, 2.45) is 0 Å². The number of ether oxygens (including phenoxy) is 2. The first-order chi connectivity index (χ1) is 15.2. The molecule has 32 heavy (non-hydrogen) atoms. The maximum Gasteiger partial charge on any atom is 0.490 e. The van der Waals surface area contributed by atoms with E-state index in [1.54, 1.807) is 12.4 Å². The first-order valence-corrected chi connectivity index (χ1v) is 9.09. The van der Waals surface area contributed by atoms with Crippen LogP contribution in [0.2, 0.25) is 0 Å². The zero-order valence-corrected chi connectivity index (χ0v) is 16.0. The molecular formula is C20H14F4N4O4. The van der Waals surface area contributed by atoms with Gasteiger partial charge in [-0.25, -0.2) is 14.2 Å². The molecule has 0 aliphatic carbocycles. The number of alkyl halides is 3. The summed E-state index contributed by atoms with van der Waals surface area (Å²) in [6.45, 7) is 0.313. The largest absolute Gasteiger partial charge is 0.490 e. The van der Waals surface area contributed by atoms with Crippen molar-refractivity contribution >= 4 is 17.0 Å². The number of halogens is 4. The summed E-state index contributed by atoms with van der Waals surface area (Å²) in [5, 5.41) is 13.8. The molecule has 1 unspecified atom stereocenters. The molecule has 2 aromatic carbocycles. The summed E-state index contributed by atoms with van der Waals surface area (Å²) in [5.74, 6) is -1.27. The minimum Gasteiger partial charge on any atom is -0.485 e. The zero-order chi connectivity index (χ0) is 22.9. The molecule has 4 aromatic rings. The van der Waals surface area contributed by atoms with Crippen molar-refractivity contribution in [3.63, 3.8) is 0 Å². The lowest BCUT2D eigenvalue weighted by Crippen LogP contribution is -2.22. The molecule has 166 valence electrons. The molecule has 5 rings (SSSR count). The minimum absolute atomic E-state index is 0.282. The van der Waals surface area contributed by atoms with Gasteiger partial charge < -0.3 is 19.6 Å². The van der Waals surface area contributed by atoms with Gasteiger partial charge in [0.15, 0.2) is 29.2 Å². The van der Waals surface area contributed by atoms with Gasteiger partial charge in [0, 0.05) is 11.8 Å². The fraction of sp³-hybridized carbons (Fsp3) is 0.150. The maximum absolute atomic E-state index is 14.5. The number of carbonyl (C=O) groups is 1. The van der Waals surface area contributed by atoms with Crippen LogP contribution in [0.15, 0.2) is 48.8 Å². The van der Waals surface area contributed by atoms with Crippen LogP contribution in [0.4, 0.5) is 17.6 Å². The van der Waals surface area contributed by atoms with Crippen LogP contribution >= 0.6 is 0 Å². The van der Waals surface area contributed by atoms with E-state index in [1.807, 2.05) is 30.3 Å². The van der Waals surface area contributed by atoms with Crippen LogP contribution in [0.3, 0.4) is 0 Å². The van der Waals surface area contributed by atoms with Crippen molar-refractivity contribution in [1.29, 1.82) is 0 Å². The average Bonchev–Trinajstić information content (AvgIpc) is 3.43. The Hall–Kier alpha value is -4.09. The van der Waals surface area contributed by atoms with Crippen molar-refractivity contribution < 1.29 is 36.9 Å². The van der Waals surface area contributed by atoms with Gasteiger partial charge in [-0.3, -0.25) is 5.10 Å². The van der Waals surface area contributed by atoms with E-state index in [0.717, 1.165) is 11.1 Å². The number of H-pyrrole nitrogens is 2. The third-order valence-corrected chi connectivity index (χ3v) is 4.45. The molecule has 0 amide bonds. The number of hydrogen-bond acceptors (Lipinski definition) is 5. The van der Waals surface area contributed by atoms with E-state index < -0.39 is 24.1 Å². The Bertz CT molecular complexity index is 1250. The number of hydrogen-bond donors (Lipinski definition) is 3. The predicted molar refractivity (Wildman–Crippen MR) is 103 cm³/mol. The second kappa shape index (κ2) is 8.21. The number of carboxylic acid groups (broad SMARTS) is 1. The van der Waals surface area contributed by atoms with Crippen LogP contribution in [-0.2, 0) is 4.79 Å². The molecule has 1 aliphatic heterocycles.